The van der Waals surface area contributed by atoms with E-state index in [-0.39, 0.29) is 11.3 Å². The van der Waals surface area contributed by atoms with E-state index in [2.05, 4.69) is 15.6 Å². The molecule has 1 aromatic rings. The fourth-order valence-electron chi connectivity index (χ4n) is 4.14. The van der Waals surface area contributed by atoms with Crippen LogP contribution in [-0.2, 0) is 11.2 Å². The molecule has 1 aliphatic carbocycles. The van der Waals surface area contributed by atoms with Crippen LogP contribution in [0.2, 0.25) is 0 Å². The average molecular weight is 421 g/mol. The minimum atomic E-state index is -0.340. The van der Waals surface area contributed by atoms with Crippen molar-refractivity contribution in [2.75, 3.05) is 55.6 Å². The van der Waals surface area contributed by atoms with Gasteiger partial charge in [0.15, 0.2) is 17.5 Å². The Balaban J connectivity index is 1.98. The van der Waals surface area contributed by atoms with E-state index in [0.717, 1.165) is 31.2 Å². The molecule has 0 heterocycles. The smallest absolute Gasteiger partial charge is 0.230 e. The summed E-state index contributed by atoms with van der Waals surface area (Å²) in [5.41, 5.74) is 0.668. The van der Waals surface area contributed by atoms with Gasteiger partial charge in [-0.15, -0.1) is 0 Å². The highest BCUT2D eigenvalue weighted by atomic mass is 16.5. The highest BCUT2D eigenvalue weighted by molar-refractivity contribution is 5.85. The zero-order valence-corrected chi connectivity index (χ0v) is 19.1. The number of nitrogens with one attached hydrogen (secondary N) is 2. The van der Waals surface area contributed by atoms with Crippen molar-refractivity contribution < 1.29 is 19.0 Å². The lowest BCUT2D eigenvalue weighted by atomic mass is 9.84. The Morgan fingerprint density at radius 2 is 1.73 bits per heavy atom. The molecule has 0 spiro atoms. The van der Waals surface area contributed by atoms with Crippen LogP contribution in [0.4, 0.5) is 0 Å². The molecule has 8 nitrogen and oxygen atoms in total. The molecule has 0 aromatic heterocycles. The average Bonchev–Trinajstić information content (AvgIpc) is 3.24. The number of aliphatic imine (C=N–C) groups is 1. The quantitative estimate of drug-likeness (QED) is 0.470. The van der Waals surface area contributed by atoms with E-state index < -0.39 is 0 Å². The number of ether oxygens (including phenoxy) is 3. The van der Waals surface area contributed by atoms with Gasteiger partial charge in [0.25, 0.3) is 0 Å². The van der Waals surface area contributed by atoms with Crippen LogP contribution in [0.3, 0.4) is 0 Å². The first-order valence-corrected chi connectivity index (χ1v) is 10.4. The summed E-state index contributed by atoms with van der Waals surface area (Å²) in [5.74, 6) is 2.77. The SMILES string of the molecule is CN=C(NCCc1ccc(OC)c(OC)c1OC)NCC1(C(=O)N(C)C)CCCC1. The van der Waals surface area contributed by atoms with Crippen LogP contribution in [-0.4, -0.2) is 72.3 Å². The van der Waals surface area contributed by atoms with Crippen molar-refractivity contribution in [3.63, 3.8) is 0 Å². The van der Waals surface area contributed by atoms with E-state index in [4.69, 9.17) is 14.2 Å². The first-order valence-electron chi connectivity index (χ1n) is 10.4. The van der Waals surface area contributed by atoms with Gasteiger partial charge in [-0.25, -0.2) is 0 Å². The summed E-state index contributed by atoms with van der Waals surface area (Å²) >= 11 is 0. The molecule has 2 N–H and O–H groups in total. The van der Waals surface area contributed by atoms with E-state index in [0.29, 0.717) is 42.7 Å². The topological polar surface area (TPSA) is 84.4 Å². The number of benzene rings is 1. The first-order chi connectivity index (χ1) is 14.4. The van der Waals surface area contributed by atoms with E-state index in [9.17, 15) is 4.79 Å². The molecule has 168 valence electrons. The number of guanidine groups is 1. The molecule has 0 saturated heterocycles. The molecule has 1 fully saturated rings. The van der Waals surface area contributed by atoms with Crippen LogP contribution >= 0.6 is 0 Å². The lowest BCUT2D eigenvalue weighted by Crippen LogP contribution is -2.49. The molecule has 0 atom stereocenters. The number of rotatable bonds is 9. The standard InChI is InChI=1S/C22H36N4O4/c1-23-21(25-15-22(12-7-8-13-22)20(27)26(2)3)24-14-11-16-9-10-17(28-4)19(30-6)18(16)29-5/h9-10H,7-8,11-15H2,1-6H3,(H2,23,24,25). The molecule has 0 aliphatic heterocycles. The summed E-state index contributed by atoms with van der Waals surface area (Å²) < 4.78 is 16.3. The van der Waals surface area contributed by atoms with E-state index >= 15 is 0 Å². The molecule has 0 bridgehead atoms. The molecule has 0 radical (unpaired) electrons. The number of nitrogens with zero attached hydrogens (tertiary/aromatic N) is 2. The van der Waals surface area contributed by atoms with Crippen molar-refractivity contribution in [2.24, 2.45) is 10.4 Å². The van der Waals surface area contributed by atoms with Gasteiger partial charge >= 0.3 is 0 Å². The van der Waals surface area contributed by atoms with Crippen molar-refractivity contribution in [3.8, 4) is 17.2 Å². The first kappa shape index (κ1) is 23.6. The monoisotopic (exact) mass is 420 g/mol. The van der Waals surface area contributed by atoms with Crippen molar-refractivity contribution in [3.05, 3.63) is 17.7 Å². The highest BCUT2D eigenvalue weighted by Gasteiger charge is 2.42. The normalized spacial score (nSPS) is 15.5. The maximum absolute atomic E-state index is 12.7. The lowest BCUT2D eigenvalue weighted by Gasteiger charge is -2.31. The van der Waals surface area contributed by atoms with Crippen molar-refractivity contribution >= 4 is 11.9 Å². The van der Waals surface area contributed by atoms with Gasteiger partial charge in [-0.1, -0.05) is 18.9 Å². The summed E-state index contributed by atoms with van der Waals surface area (Å²) in [6.07, 6.45) is 4.72. The van der Waals surface area contributed by atoms with E-state index in [1.807, 2.05) is 26.2 Å². The summed E-state index contributed by atoms with van der Waals surface area (Å²) in [5, 5.41) is 6.69. The molecule has 0 unspecified atom stereocenters. The maximum Gasteiger partial charge on any atom is 0.230 e. The number of methoxy groups -OCH3 is 3. The second-order valence-corrected chi connectivity index (χ2v) is 7.78. The van der Waals surface area contributed by atoms with Gasteiger partial charge in [0.1, 0.15) is 0 Å². The zero-order valence-electron chi connectivity index (χ0n) is 19.1. The second kappa shape index (κ2) is 10.9. The molecule has 1 amide bonds. The van der Waals surface area contributed by atoms with Gasteiger partial charge in [0, 0.05) is 39.8 Å². The maximum atomic E-state index is 12.7. The Morgan fingerprint density at radius 1 is 1.07 bits per heavy atom. The third-order valence-corrected chi connectivity index (χ3v) is 5.71. The van der Waals surface area contributed by atoms with Gasteiger partial charge in [-0.2, -0.15) is 0 Å². The van der Waals surface area contributed by atoms with Gasteiger partial charge in [0.05, 0.1) is 26.7 Å². The molecule has 1 saturated carbocycles. The number of carbonyl (C=O) groups excluding carboxylic acids is 1. The molecule has 1 aromatic carbocycles. The third-order valence-electron chi connectivity index (χ3n) is 5.71. The van der Waals surface area contributed by atoms with Gasteiger partial charge < -0.3 is 29.7 Å². The zero-order chi connectivity index (χ0) is 22.1. The fraction of sp³-hybridized carbons (Fsp3) is 0.636. The molecule has 8 heteroatoms. The lowest BCUT2D eigenvalue weighted by molar-refractivity contribution is -0.138. The molecule has 30 heavy (non-hydrogen) atoms. The van der Waals surface area contributed by atoms with Crippen LogP contribution in [0.15, 0.2) is 17.1 Å². The van der Waals surface area contributed by atoms with Crippen LogP contribution in [0.5, 0.6) is 17.2 Å². The van der Waals surface area contributed by atoms with Crippen LogP contribution < -0.4 is 24.8 Å². The summed E-state index contributed by atoms with van der Waals surface area (Å²) in [6, 6.07) is 3.85. The number of hydrogen-bond donors (Lipinski definition) is 2. The third kappa shape index (κ3) is 5.29. The Hall–Kier alpha value is -2.64. The second-order valence-electron chi connectivity index (χ2n) is 7.78. The molecular weight excluding hydrogens is 384 g/mol. The van der Waals surface area contributed by atoms with Gasteiger partial charge in [-0.3, -0.25) is 9.79 Å². The summed E-state index contributed by atoms with van der Waals surface area (Å²) in [7, 11) is 10.2. The molecule has 2 rings (SSSR count). The fourth-order valence-corrected chi connectivity index (χ4v) is 4.14. The van der Waals surface area contributed by atoms with Crippen molar-refractivity contribution in [1.82, 2.24) is 15.5 Å². The minimum Gasteiger partial charge on any atom is -0.493 e. The van der Waals surface area contributed by atoms with Crippen LogP contribution in [0.1, 0.15) is 31.2 Å². The largest absolute Gasteiger partial charge is 0.493 e. The van der Waals surface area contributed by atoms with Crippen LogP contribution in [0.25, 0.3) is 0 Å². The van der Waals surface area contributed by atoms with Gasteiger partial charge in [-0.05, 0) is 25.3 Å². The highest BCUT2D eigenvalue weighted by Crippen LogP contribution is 2.40. The summed E-state index contributed by atoms with van der Waals surface area (Å²) in [4.78, 5) is 18.8. The summed E-state index contributed by atoms with van der Waals surface area (Å²) in [6.45, 7) is 1.24. The predicted molar refractivity (Wildman–Crippen MR) is 119 cm³/mol. The predicted octanol–water partition coefficient (Wildman–Crippen LogP) is 2.07. The van der Waals surface area contributed by atoms with Gasteiger partial charge in [0.2, 0.25) is 11.7 Å². The Morgan fingerprint density at radius 3 is 2.27 bits per heavy atom. The number of hydrogen-bond acceptors (Lipinski definition) is 5. The van der Waals surface area contributed by atoms with Crippen molar-refractivity contribution in [2.45, 2.75) is 32.1 Å². The number of carbonyl (C=O) groups is 1. The Kier molecular flexibility index (Phi) is 8.62. The van der Waals surface area contributed by atoms with Crippen LogP contribution in [0, 0.1) is 5.41 Å². The van der Waals surface area contributed by atoms with E-state index in [1.165, 1.54) is 0 Å². The molecule has 1 aliphatic rings. The van der Waals surface area contributed by atoms with Crippen molar-refractivity contribution in [1.29, 1.82) is 0 Å². The van der Waals surface area contributed by atoms with E-state index in [1.54, 1.807) is 33.3 Å². The number of amides is 1. The Labute approximate surface area is 180 Å². The molecular formula is C22H36N4O4. The Bertz CT molecular complexity index is 743. The minimum absolute atomic E-state index is 0.193.